The van der Waals surface area contributed by atoms with Gasteiger partial charge in [-0.3, -0.25) is 0 Å². The van der Waals surface area contributed by atoms with Crippen LogP contribution in [-0.4, -0.2) is 6.61 Å². The molecule has 1 radical (unpaired) electrons. The maximum absolute atomic E-state index is 5.33. The minimum absolute atomic E-state index is 0.423. The van der Waals surface area contributed by atoms with Crippen molar-refractivity contribution in [3.05, 3.63) is 61.0 Å². The van der Waals surface area contributed by atoms with E-state index in [1.807, 2.05) is 24.3 Å². The summed E-state index contributed by atoms with van der Waals surface area (Å²) in [6.07, 6.45) is 15.0. The SMILES string of the molecule is [CH2]COc1ccc(N=Nc2ccc(CCCCCCCCCCCC)cc2)cc1. The number of benzene rings is 2. The Labute approximate surface area is 177 Å². The molecule has 0 unspecified atom stereocenters. The largest absolute Gasteiger partial charge is 0.494 e. The van der Waals surface area contributed by atoms with Crippen LogP contribution in [-0.2, 0) is 6.42 Å². The molecule has 0 spiro atoms. The van der Waals surface area contributed by atoms with Crippen molar-refractivity contribution in [3.63, 3.8) is 0 Å². The van der Waals surface area contributed by atoms with Gasteiger partial charge in [-0.15, -0.1) is 0 Å². The van der Waals surface area contributed by atoms with E-state index >= 15 is 0 Å². The second-order valence-corrected chi connectivity index (χ2v) is 7.64. The average molecular weight is 394 g/mol. The molecule has 0 aromatic heterocycles. The molecule has 0 bridgehead atoms. The minimum Gasteiger partial charge on any atom is -0.494 e. The molecule has 157 valence electrons. The summed E-state index contributed by atoms with van der Waals surface area (Å²) in [6.45, 7) is 6.37. The van der Waals surface area contributed by atoms with Crippen molar-refractivity contribution >= 4 is 11.4 Å². The van der Waals surface area contributed by atoms with Crippen LogP contribution in [0.5, 0.6) is 5.75 Å². The van der Waals surface area contributed by atoms with Crippen LogP contribution in [0.4, 0.5) is 11.4 Å². The number of unbranched alkanes of at least 4 members (excludes halogenated alkanes) is 9. The predicted molar refractivity (Wildman–Crippen MR) is 123 cm³/mol. The van der Waals surface area contributed by atoms with Crippen molar-refractivity contribution in [2.24, 2.45) is 10.2 Å². The molecule has 0 aliphatic heterocycles. The Morgan fingerprint density at radius 3 is 1.66 bits per heavy atom. The summed E-state index contributed by atoms with van der Waals surface area (Å²) in [6, 6.07) is 16.0. The summed E-state index contributed by atoms with van der Waals surface area (Å²) in [5, 5.41) is 8.61. The third kappa shape index (κ3) is 10.3. The fourth-order valence-electron chi connectivity index (χ4n) is 3.39. The lowest BCUT2D eigenvalue weighted by Gasteiger charge is -2.04. The standard InChI is InChI=1S/C26H37N2O/c1-3-5-6-7-8-9-10-11-12-13-14-23-15-17-24(18-16-23)27-28-25-19-21-26(22-20-25)29-4-2/h15-22H,2-14H2,1H3. The molecular weight excluding hydrogens is 356 g/mol. The van der Waals surface area contributed by atoms with E-state index in [1.54, 1.807) is 0 Å². The second-order valence-electron chi connectivity index (χ2n) is 7.64. The van der Waals surface area contributed by atoms with E-state index in [9.17, 15) is 0 Å². The monoisotopic (exact) mass is 393 g/mol. The lowest BCUT2D eigenvalue weighted by atomic mass is 10.0. The summed E-state index contributed by atoms with van der Waals surface area (Å²) in [5.74, 6) is 0.801. The molecule has 3 nitrogen and oxygen atoms in total. The first-order chi connectivity index (χ1) is 14.3. The van der Waals surface area contributed by atoms with Crippen LogP contribution < -0.4 is 4.74 Å². The topological polar surface area (TPSA) is 34.0 Å². The van der Waals surface area contributed by atoms with Crippen molar-refractivity contribution in [3.8, 4) is 5.75 Å². The first-order valence-corrected chi connectivity index (χ1v) is 11.3. The highest BCUT2D eigenvalue weighted by molar-refractivity contribution is 5.43. The van der Waals surface area contributed by atoms with Crippen molar-refractivity contribution in [1.29, 1.82) is 0 Å². The van der Waals surface area contributed by atoms with Gasteiger partial charge in [0.05, 0.1) is 18.0 Å². The lowest BCUT2D eigenvalue weighted by molar-refractivity contribution is 0.361. The number of aryl methyl sites for hydroxylation is 1. The Kier molecular flexibility index (Phi) is 11.8. The zero-order chi connectivity index (χ0) is 20.6. The molecule has 0 fully saturated rings. The summed E-state index contributed by atoms with van der Waals surface area (Å²) in [4.78, 5) is 0. The fourth-order valence-corrected chi connectivity index (χ4v) is 3.39. The molecule has 29 heavy (non-hydrogen) atoms. The van der Waals surface area contributed by atoms with Crippen LogP contribution in [0.2, 0.25) is 0 Å². The van der Waals surface area contributed by atoms with Gasteiger partial charge in [-0.05, 0) is 61.7 Å². The second kappa shape index (κ2) is 14.8. The molecule has 2 aromatic carbocycles. The highest BCUT2D eigenvalue weighted by Crippen LogP contribution is 2.22. The normalized spacial score (nSPS) is 11.2. The zero-order valence-corrected chi connectivity index (χ0v) is 18.1. The van der Waals surface area contributed by atoms with E-state index in [4.69, 9.17) is 4.74 Å². The molecule has 0 saturated carbocycles. The Morgan fingerprint density at radius 1 is 0.655 bits per heavy atom. The van der Waals surface area contributed by atoms with E-state index in [-0.39, 0.29) is 0 Å². The van der Waals surface area contributed by atoms with E-state index < -0.39 is 0 Å². The number of hydrogen-bond donors (Lipinski definition) is 0. The highest BCUT2D eigenvalue weighted by atomic mass is 16.5. The van der Waals surface area contributed by atoms with Gasteiger partial charge in [-0.2, -0.15) is 10.2 Å². The molecule has 0 heterocycles. The van der Waals surface area contributed by atoms with Crippen molar-refractivity contribution in [1.82, 2.24) is 0 Å². The van der Waals surface area contributed by atoms with Gasteiger partial charge >= 0.3 is 0 Å². The van der Waals surface area contributed by atoms with Gasteiger partial charge in [-0.25, -0.2) is 0 Å². The first kappa shape index (κ1) is 23.1. The number of azo groups is 1. The summed E-state index contributed by atoms with van der Waals surface area (Å²) in [7, 11) is 0. The van der Waals surface area contributed by atoms with Gasteiger partial charge in [0.2, 0.25) is 0 Å². The first-order valence-electron chi connectivity index (χ1n) is 11.3. The van der Waals surface area contributed by atoms with Gasteiger partial charge < -0.3 is 4.74 Å². The Balaban J connectivity index is 1.60. The molecule has 0 aliphatic rings. The quantitative estimate of drug-likeness (QED) is 0.220. The molecule has 0 saturated heterocycles. The average Bonchev–Trinajstić information content (AvgIpc) is 2.76. The van der Waals surface area contributed by atoms with E-state index in [0.29, 0.717) is 6.61 Å². The molecule has 2 rings (SSSR count). The van der Waals surface area contributed by atoms with E-state index in [0.717, 1.165) is 23.5 Å². The highest BCUT2D eigenvalue weighted by Gasteiger charge is 1.97. The number of hydrogen-bond acceptors (Lipinski definition) is 3. The molecule has 0 atom stereocenters. The number of ether oxygens (including phenoxy) is 1. The van der Waals surface area contributed by atoms with Crippen molar-refractivity contribution in [2.45, 2.75) is 77.6 Å². The van der Waals surface area contributed by atoms with Gasteiger partial charge in [0.25, 0.3) is 0 Å². The minimum atomic E-state index is 0.423. The smallest absolute Gasteiger partial charge is 0.119 e. The van der Waals surface area contributed by atoms with E-state index in [2.05, 4.69) is 48.3 Å². The van der Waals surface area contributed by atoms with Crippen LogP contribution in [0.15, 0.2) is 58.8 Å². The van der Waals surface area contributed by atoms with Gasteiger partial charge in [0, 0.05) is 0 Å². The number of rotatable bonds is 15. The van der Waals surface area contributed by atoms with E-state index in [1.165, 1.54) is 69.8 Å². The Hall–Kier alpha value is -2.16. The maximum atomic E-state index is 5.33. The maximum Gasteiger partial charge on any atom is 0.119 e. The van der Waals surface area contributed by atoms with Crippen molar-refractivity contribution < 1.29 is 4.74 Å². The fraction of sp³-hybridized carbons (Fsp3) is 0.500. The Bertz CT molecular complexity index is 677. The summed E-state index contributed by atoms with van der Waals surface area (Å²) in [5.41, 5.74) is 3.09. The molecule has 0 aliphatic carbocycles. The third-order valence-electron chi connectivity index (χ3n) is 5.14. The molecule has 2 aromatic rings. The summed E-state index contributed by atoms with van der Waals surface area (Å²) >= 11 is 0. The van der Waals surface area contributed by atoms with Crippen LogP contribution in [0.25, 0.3) is 0 Å². The van der Waals surface area contributed by atoms with Crippen LogP contribution in [0, 0.1) is 6.92 Å². The van der Waals surface area contributed by atoms with Crippen LogP contribution in [0.3, 0.4) is 0 Å². The van der Waals surface area contributed by atoms with Gasteiger partial charge in [-0.1, -0.05) is 76.8 Å². The Morgan fingerprint density at radius 2 is 1.14 bits per heavy atom. The van der Waals surface area contributed by atoms with Gasteiger partial charge in [0.15, 0.2) is 0 Å². The molecular formula is C26H37N2O. The predicted octanol–water partition coefficient (Wildman–Crippen LogP) is 8.78. The van der Waals surface area contributed by atoms with Gasteiger partial charge in [0.1, 0.15) is 5.75 Å². The summed E-state index contributed by atoms with van der Waals surface area (Å²) < 4.78 is 5.33. The molecule has 0 N–H and O–H groups in total. The van der Waals surface area contributed by atoms with Crippen LogP contribution in [0.1, 0.15) is 76.7 Å². The van der Waals surface area contributed by atoms with Crippen LogP contribution >= 0.6 is 0 Å². The van der Waals surface area contributed by atoms with Crippen molar-refractivity contribution in [2.75, 3.05) is 6.61 Å². The lowest BCUT2D eigenvalue weighted by Crippen LogP contribution is -1.90. The third-order valence-corrected chi connectivity index (χ3v) is 5.14. The zero-order valence-electron chi connectivity index (χ0n) is 18.1. The molecule has 0 amide bonds. The molecule has 3 heteroatoms. The number of nitrogens with zero attached hydrogens (tertiary/aromatic N) is 2.